The van der Waals surface area contributed by atoms with Crippen LogP contribution in [0.15, 0.2) is 53.3 Å². The van der Waals surface area contributed by atoms with Crippen molar-refractivity contribution < 1.29 is 4.74 Å². The van der Waals surface area contributed by atoms with Crippen LogP contribution in [-0.2, 0) is 11.3 Å². The van der Waals surface area contributed by atoms with Crippen molar-refractivity contribution in [1.82, 2.24) is 9.55 Å². The van der Waals surface area contributed by atoms with Crippen molar-refractivity contribution in [3.63, 3.8) is 0 Å². The first kappa shape index (κ1) is 14.5. The van der Waals surface area contributed by atoms with Gasteiger partial charge in [0.25, 0.3) is 5.56 Å². The molecule has 2 aromatic carbocycles. The molecule has 0 radical (unpaired) electrons. The Balaban J connectivity index is 2.26. The number of nitrogens with zero attached hydrogens (tertiary/aromatic N) is 2. The maximum Gasteiger partial charge on any atom is 0.261 e. The molecule has 22 heavy (non-hydrogen) atoms. The monoisotopic (exact) mass is 294 g/mol. The third-order valence-corrected chi connectivity index (χ3v) is 3.69. The number of benzene rings is 2. The third-order valence-electron chi connectivity index (χ3n) is 3.69. The first-order chi connectivity index (χ1) is 10.7. The van der Waals surface area contributed by atoms with Gasteiger partial charge in [-0.1, -0.05) is 42.0 Å². The van der Waals surface area contributed by atoms with Gasteiger partial charge in [-0.3, -0.25) is 9.36 Å². The topological polar surface area (TPSA) is 44.1 Å². The van der Waals surface area contributed by atoms with Crippen LogP contribution in [0.25, 0.3) is 22.3 Å². The summed E-state index contributed by atoms with van der Waals surface area (Å²) in [7, 11) is 1.63. The highest BCUT2D eigenvalue weighted by Gasteiger charge is 2.12. The second kappa shape index (κ2) is 6.12. The number of hydrogen-bond donors (Lipinski definition) is 0. The van der Waals surface area contributed by atoms with Crippen LogP contribution in [0.2, 0.25) is 0 Å². The molecule has 0 unspecified atom stereocenters. The molecule has 1 aromatic heterocycles. The zero-order valence-corrected chi connectivity index (χ0v) is 12.7. The summed E-state index contributed by atoms with van der Waals surface area (Å²) >= 11 is 0. The minimum absolute atomic E-state index is 0.0294. The van der Waals surface area contributed by atoms with E-state index < -0.39 is 0 Å². The lowest BCUT2D eigenvalue weighted by Gasteiger charge is -2.13. The molecule has 0 atom stereocenters. The van der Waals surface area contributed by atoms with Gasteiger partial charge < -0.3 is 4.74 Å². The Labute approximate surface area is 129 Å². The summed E-state index contributed by atoms with van der Waals surface area (Å²) in [6, 6.07) is 15.5. The second-order valence-electron chi connectivity index (χ2n) is 5.27. The number of hydrogen-bond acceptors (Lipinski definition) is 3. The van der Waals surface area contributed by atoms with Crippen LogP contribution in [0.4, 0.5) is 0 Å². The van der Waals surface area contributed by atoms with Gasteiger partial charge >= 0.3 is 0 Å². The predicted molar refractivity (Wildman–Crippen MR) is 88.1 cm³/mol. The van der Waals surface area contributed by atoms with Gasteiger partial charge in [-0.25, -0.2) is 4.98 Å². The van der Waals surface area contributed by atoms with Gasteiger partial charge in [0.2, 0.25) is 0 Å². The van der Waals surface area contributed by atoms with Gasteiger partial charge in [0.15, 0.2) is 0 Å². The van der Waals surface area contributed by atoms with E-state index in [0.717, 1.165) is 11.1 Å². The minimum atomic E-state index is -0.0294. The van der Waals surface area contributed by atoms with E-state index in [1.165, 1.54) is 5.56 Å². The highest BCUT2D eigenvalue weighted by Crippen LogP contribution is 2.19. The first-order valence-corrected chi connectivity index (χ1v) is 7.26. The summed E-state index contributed by atoms with van der Waals surface area (Å²) < 4.78 is 6.83. The lowest BCUT2D eigenvalue weighted by Crippen LogP contribution is -2.25. The van der Waals surface area contributed by atoms with Crippen LogP contribution in [-0.4, -0.2) is 23.3 Å². The molecule has 4 heteroatoms. The van der Waals surface area contributed by atoms with E-state index in [1.807, 2.05) is 55.5 Å². The van der Waals surface area contributed by atoms with Gasteiger partial charge in [0.1, 0.15) is 5.82 Å². The number of aryl methyl sites for hydroxylation is 1. The maximum atomic E-state index is 12.8. The number of para-hydroxylation sites is 1. The number of ether oxygens (including phenoxy) is 1. The number of methoxy groups -OCH3 is 1. The van der Waals surface area contributed by atoms with Gasteiger partial charge in [-0.2, -0.15) is 0 Å². The molecule has 0 saturated carbocycles. The molecule has 3 rings (SSSR count). The van der Waals surface area contributed by atoms with Crippen LogP contribution in [0.3, 0.4) is 0 Å². The fourth-order valence-electron chi connectivity index (χ4n) is 2.48. The number of aromatic nitrogens is 2. The van der Waals surface area contributed by atoms with Crippen LogP contribution in [0, 0.1) is 6.92 Å². The fraction of sp³-hybridized carbons (Fsp3) is 0.222. The normalized spacial score (nSPS) is 11.0. The van der Waals surface area contributed by atoms with Crippen molar-refractivity contribution in [2.24, 2.45) is 0 Å². The lowest BCUT2D eigenvalue weighted by atomic mass is 10.1. The maximum absolute atomic E-state index is 12.8. The quantitative estimate of drug-likeness (QED) is 0.743. The Bertz CT molecular complexity index is 851. The predicted octanol–water partition coefficient (Wildman–Crippen LogP) is 3.02. The fourth-order valence-corrected chi connectivity index (χ4v) is 2.48. The Morgan fingerprint density at radius 1 is 1.09 bits per heavy atom. The van der Waals surface area contributed by atoms with Crippen molar-refractivity contribution in [3.8, 4) is 11.4 Å². The van der Waals surface area contributed by atoms with Crippen LogP contribution in [0.1, 0.15) is 5.56 Å². The largest absolute Gasteiger partial charge is 0.383 e. The van der Waals surface area contributed by atoms with E-state index in [9.17, 15) is 4.79 Å². The zero-order valence-electron chi connectivity index (χ0n) is 12.7. The lowest BCUT2D eigenvalue weighted by molar-refractivity contribution is 0.186. The van der Waals surface area contributed by atoms with Crippen molar-refractivity contribution in [3.05, 3.63) is 64.4 Å². The molecule has 0 aliphatic carbocycles. The van der Waals surface area contributed by atoms with E-state index in [2.05, 4.69) is 0 Å². The molecule has 0 spiro atoms. The van der Waals surface area contributed by atoms with Crippen molar-refractivity contribution in [2.45, 2.75) is 13.5 Å². The average Bonchev–Trinajstić information content (AvgIpc) is 2.55. The van der Waals surface area contributed by atoms with Gasteiger partial charge in [-0.05, 0) is 19.1 Å². The molecule has 112 valence electrons. The Morgan fingerprint density at radius 2 is 1.82 bits per heavy atom. The van der Waals surface area contributed by atoms with E-state index in [4.69, 9.17) is 9.72 Å². The van der Waals surface area contributed by atoms with Crippen LogP contribution < -0.4 is 5.56 Å². The molecule has 1 heterocycles. The Kier molecular flexibility index (Phi) is 4.02. The highest BCUT2D eigenvalue weighted by atomic mass is 16.5. The van der Waals surface area contributed by atoms with Crippen LogP contribution >= 0.6 is 0 Å². The molecule has 0 fully saturated rings. The van der Waals surface area contributed by atoms with Crippen LogP contribution in [0.5, 0.6) is 0 Å². The summed E-state index contributed by atoms with van der Waals surface area (Å²) in [5.74, 6) is 0.681. The number of fused-ring (bicyclic) bond motifs is 1. The third kappa shape index (κ3) is 2.65. The molecular weight excluding hydrogens is 276 g/mol. The molecule has 0 amide bonds. The van der Waals surface area contributed by atoms with E-state index in [0.29, 0.717) is 24.4 Å². The minimum Gasteiger partial charge on any atom is -0.383 e. The summed E-state index contributed by atoms with van der Waals surface area (Å²) in [5, 5.41) is 0.634. The highest BCUT2D eigenvalue weighted by molar-refractivity contribution is 5.79. The Morgan fingerprint density at radius 3 is 2.55 bits per heavy atom. The molecule has 4 nitrogen and oxygen atoms in total. The molecular formula is C18H18N2O2. The number of rotatable bonds is 4. The molecule has 3 aromatic rings. The smallest absolute Gasteiger partial charge is 0.261 e. The van der Waals surface area contributed by atoms with Crippen molar-refractivity contribution in [2.75, 3.05) is 13.7 Å². The molecule has 0 aliphatic heterocycles. The summed E-state index contributed by atoms with van der Waals surface area (Å²) in [6.45, 7) is 2.99. The zero-order chi connectivity index (χ0) is 15.5. The first-order valence-electron chi connectivity index (χ1n) is 7.26. The van der Waals surface area contributed by atoms with E-state index in [1.54, 1.807) is 11.7 Å². The van der Waals surface area contributed by atoms with Crippen molar-refractivity contribution in [1.29, 1.82) is 0 Å². The Hall–Kier alpha value is -2.46. The van der Waals surface area contributed by atoms with E-state index >= 15 is 0 Å². The summed E-state index contributed by atoms with van der Waals surface area (Å²) in [6.07, 6.45) is 0. The summed E-state index contributed by atoms with van der Waals surface area (Å²) in [4.78, 5) is 17.5. The SMILES string of the molecule is COCCn1c(-c2ccc(C)cc2)nc2ccccc2c1=O. The molecule has 0 saturated heterocycles. The molecule has 0 aliphatic rings. The standard InChI is InChI=1S/C18H18N2O2/c1-13-7-9-14(10-8-13)17-19-16-6-4-3-5-15(16)18(21)20(17)11-12-22-2/h3-10H,11-12H2,1-2H3. The van der Waals surface area contributed by atoms with E-state index in [-0.39, 0.29) is 5.56 Å². The summed E-state index contributed by atoms with van der Waals surface area (Å²) in [5.41, 5.74) is 2.80. The second-order valence-corrected chi connectivity index (χ2v) is 5.27. The van der Waals surface area contributed by atoms with Gasteiger partial charge in [0.05, 0.1) is 24.1 Å². The molecule has 0 N–H and O–H groups in total. The average molecular weight is 294 g/mol. The molecule has 0 bridgehead atoms. The van der Waals surface area contributed by atoms with Gasteiger partial charge in [0, 0.05) is 12.7 Å². The van der Waals surface area contributed by atoms with Crippen molar-refractivity contribution >= 4 is 10.9 Å². The van der Waals surface area contributed by atoms with Gasteiger partial charge in [-0.15, -0.1) is 0 Å².